The van der Waals surface area contributed by atoms with Gasteiger partial charge in [-0.3, -0.25) is 5.32 Å². The van der Waals surface area contributed by atoms with Crippen LogP contribution >= 0.6 is 0 Å². The molecule has 1 aliphatic rings. The Hall–Kier alpha value is -0.590. The molecule has 0 aromatic rings. The van der Waals surface area contributed by atoms with E-state index < -0.39 is 0 Å². The molecule has 2 atom stereocenters. The summed E-state index contributed by atoms with van der Waals surface area (Å²) in [4.78, 5) is 0. The lowest BCUT2D eigenvalue weighted by Crippen LogP contribution is -2.37. The van der Waals surface area contributed by atoms with E-state index in [0.717, 1.165) is 0 Å². The zero-order valence-electron chi connectivity index (χ0n) is 7.71. The van der Waals surface area contributed by atoms with Gasteiger partial charge in [-0.1, -0.05) is 6.92 Å². The van der Waals surface area contributed by atoms with Crippen molar-refractivity contribution in [3.8, 4) is 6.07 Å². The van der Waals surface area contributed by atoms with Gasteiger partial charge in [0, 0.05) is 19.1 Å². The fraction of sp³-hybridized carbons (Fsp3) is 0.889. The molecule has 2 unspecified atom stereocenters. The average Bonchev–Trinajstić information content (AvgIpc) is 2.84. The highest BCUT2D eigenvalue weighted by Gasteiger charge is 2.27. The van der Waals surface area contributed by atoms with Crippen LogP contribution in [-0.2, 0) is 4.74 Å². The number of hydrogen-bond acceptors (Lipinski definition) is 3. The van der Waals surface area contributed by atoms with E-state index in [-0.39, 0.29) is 12.0 Å². The third-order valence-corrected chi connectivity index (χ3v) is 2.13. The third-order valence-electron chi connectivity index (χ3n) is 2.13. The van der Waals surface area contributed by atoms with Crippen LogP contribution in [0.25, 0.3) is 0 Å². The molecule has 1 aliphatic carbocycles. The van der Waals surface area contributed by atoms with Crippen LogP contribution in [0.2, 0.25) is 0 Å². The van der Waals surface area contributed by atoms with Gasteiger partial charge in [0.05, 0.1) is 12.7 Å². The monoisotopic (exact) mass is 168 g/mol. The molecular formula is C9H16N2O. The van der Waals surface area contributed by atoms with Gasteiger partial charge < -0.3 is 4.74 Å². The van der Waals surface area contributed by atoms with Gasteiger partial charge in [-0.2, -0.15) is 5.26 Å². The van der Waals surface area contributed by atoms with Crippen LogP contribution in [0.15, 0.2) is 0 Å². The third kappa shape index (κ3) is 2.80. The second-order valence-electron chi connectivity index (χ2n) is 3.48. The van der Waals surface area contributed by atoms with Crippen LogP contribution in [0.5, 0.6) is 0 Å². The molecule has 0 aliphatic heterocycles. The van der Waals surface area contributed by atoms with Crippen LogP contribution < -0.4 is 5.32 Å². The van der Waals surface area contributed by atoms with Crippen molar-refractivity contribution in [1.82, 2.24) is 5.32 Å². The van der Waals surface area contributed by atoms with Crippen molar-refractivity contribution in [2.75, 3.05) is 13.7 Å². The minimum atomic E-state index is -0.0440. The molecule has 0 amide bonds. The number of nitriles is 1. The lowest BCUT2D eigenvalue weighted by molar-refractivity contribution is 0.148. The van der Waals surface area contributed by atoms with Crippen LogP contribution in [0, 0.1) is 17.2 Å². The van der Waals surface area contributed by atoms with E-state index in [1.54, 1.807) is 7.11 Å². The summed E-state index contributed by atoms with van der Waals surface area (Å²) in [6.45, 7) is 2.69. The molecular weight excluding hydrogens is 152 g/mol. The SMILES string of the molecule is COCC(C)C(C#N)NC1CC1. The number of methoxy groups -OCH3 is 1. The molecule has 0 aromatic carbocycles. The average molecular weight is 168 g/mol. The van der Waals surface area contributed by atoms with E-state index in [1.165, 1.54) is 12.8 Å². The molecule has 0 aromatic heterocycles. The minimum Gasteiger partial charge on any atom is -0.384 e. The molecule has 68 valence electrons. The van der Waals surface area contributed by atoms with E-state index >= 15 is 0 Å². The summed E-state index contributed by atoms with van der Waals surface area (Å²) in [5, 5.41) is 12.1. The Labute approximate surface area is 73.7 Å². The van der Waals surface area contributed by atoms with Crippen molar-refractivity contribution in [1.29, 1.82) is 5.26 Å². The first-order valence-electron chi connectivity index (χ1n) is 4.42. The Kier molecular flexibility index (Phi) is 3.51. The van der Waals surface area contributed by atoms with E-state index in [2.05, 4.69) is 11.4 Å². The molecule has 3 heteroatoms. The maximum absolute atomic E-state index is 8.83. The largest absolute Gasteiger partial charge is 0.384 e. The predicted molar refractivity (Wildman–Crippen MR) is 46.6 cm³/mol. The van der Waals surface area contributed by atoms with Gasteiger partial charge in [-0.15, -0.1) is 0 Å². The molecule has 0 heterocycles. The fourth-order valence-electron chi connectivity index (χ4n) is 1.19. The first-order valence-corrected chi connectivity index (χ1v) is 4.42. The zero-order chi connectivity index (χ0) is 8.97. The normalized spacial score (nSPS) is 21.4. The van der Waals surface area contributed by atoms with Gasteiger partial charge in [-0.25, -0.2) is 0 Å². The summed E-state index contributed by atoms with van der Waals surface area (Å²) in [7, 11) is 1.67. The molecule has 1 rings (SSSR count). The van der Waals surface area contributed by atoms with Gasteiger partial charge in [0.15, 0.2) is 0 Å². The molecule has 12 heavy (non-hydrogen) atoms. The number of nitrogens with one attached hydrogen (secondary N) is 1. The lowest BCUT2D eigenvalue weighted by Gasteiger charge is -2.17. The van der Waals surface area contributed by atoms with Crippen LogP contribution in [0.3, 0.4) is 0 Å². The molecule has 0 bridgehead atoms. The van der Waals surface area contributed by atoms with Gasteiger partial charge in [0.2, 0.25) is 0 Å². The Morgan fingerprint density at radius 3 is 2.75 bits per heavy atom. The Morgan fingerprint density at radius 1 is 1.67 bits per heavy atom. The number of hydrogen-bond donors (Lipinski definition) is 1. The standard InChI is InChI=1S/C9H16N2O/c1-7(6-12-2)9(5-10)11-8-3-4-8/h7-9,11H,3-4,6H2,1-2H3. The maximum atomic E-state index is 8.83. The van der Waals surface area contributed by atoms with E-state index in [4.69, 9.17) is 10.00 Å². The van der Waals surface area contributed by atoms with Crippen molar-refractivity contribution < 1.29 is 4.74 Å². The summed E-state index contributed by atoms with van der Waals surface area (Å²) < 4.78 is 5.00. The summed E-state index contributed by atoms with van der Waals surface area (Å²) in [5.74, 6) is 0.278. The van der Waals surface area contributed by atoms with E-state index in [1.807, 2.05) is 6.92 Å². The first kappa shape index (κ1) is 9.50. The smallest absolute Gasteiger partial charge is 0.100 e. The maximum Gasteiger partial charge on any atom is 0.100 e. The quantitative estimate of drug-likeness (QED) is 0.663. The highest BCUT2D eigenvalue weighted by atomic mass is 16.5. The van der Waals surface area contributed by atoms with Crippen LogP contribution in [-0.4, -0.2) is 25.8 Å². The first-order chi connectivity index (χ1) is 5.77. The predicted octanol–water partition coefficient (Wildman–Crippen LogP) is 0.913. The molecule has 1 fully saturated rings. The minimum absolute atomic E-state index is 0.0440. The molecule has 0 radical (unpaired) electrons. The summed E-state index contributed by atoms with van der Waals surface area (Å²) >= 11 is 0. The van der Waals surface area contributed by atoms with Gasteiger partial charge >= 0.3 is 0 Å². The van der Waals surface area contributed by atoms with Crippen LogP contribution in [0.4, 0.5) is 0 Å². The van der Waals surface area contributed by atoms with Crippen LogP contribution in [0.1, 0.15) is 19.8 Å². The second-order valence-corrected chi connectivity index (χ2v) is 3.48. The van der Waals surface area contributed by atoms with Crippen molar-refractivity contribution in [3.63, 3.8) is 0 Å². The van der Waals surface area contributed by atoms with E-state index in [9.17, 15) is 0 Å². The van der Waals surface area contributed by atoms with Crippen molar-refractivity contribution in [2.45, 2.75) is 31.8 Å². The summed E-state index contributed by atoms with van der Waals surface area (Å²) in [5.41, 5.74) is 0. The number of nitrogens with zero attached hydrogens (tertiary/aromatic N) is 1. The molecule has 0 spiro atoms. The van der Waals surface area contributed by atoms with E-state index in [0.29, 0.717) is 12.6 Å². The fourth-order valence-corrected chi connectivity index (χ4v) is 1.19. The van der Waals surface area contributed by atoms with Crippen molar-refractivity contribution in [3.05, 3.63) is 0 Å². The van der Waals surface area contributed by atoms with Gasteiger partial charge in [0.25, 0.3) is 0 Å². The summed E-state index contributed by atoms with van der Waals surface area (Å²) in [6.07, 6.45) is 2.44. The Balaban J connectivity index is 2.27. The van der Waals surface area contributed by atoms with Gasteiger partial charge in [0.1, 0.15) is 6.04 Å². The Morgan fingerprint density at radius 2 is 2.33 bits per heavy atom. The topological polar surface area (TPSA) is 45.0 Å². The Bertz CT molecular complexity index is 172. The van der Waals surface area contributed by atoms with Crippen molar-refractivity contribution >= 4 is 0 Å². The second kappa shape index (κ2) is 4.44. The highest BCUT2D eigenvalue weighted by molar-refractivity contribution is 4.98. The number of ether oxygens (including phenoxy) is 1. The molecule has 3 nitrogen and oxygen atoms in total. The molecule has 0 saturated heterocycles. The number of rotatable bonds is 5. The zero-order valence-corrected chi connectivity index (χ0v) is 7.71. The lowest BCUT2D eigenvalue weighted by atomic mass is 10.0. The van der Waals surface area contributed by atoms with Crippen molar-refractivity contribution in [2.24, 2.45) is 5.92 Å². The summed E-state index contributed by atoms with van der Waals surface area (Å²) in [6, 6.07) is 2.81. The molecule has 1 N–H and O–H groups in total. The highest BCUT2D eigenvalue weighted by Crippen LogP contribution is 2.20. The van der Waals surface area contributed by atoms with Gasteiger partial charge in [-0.05, 0) is 12.8 Å². The molecule has 1 saturated carbocycles.